The first-order chi connectivity index (χ1) is 15.3. The van der Waals surface area contributed by atoms with Gasteiger partial charge in [0.25, 0.3) is 5.91 Å². The number of ether oxygens (including phenoxy) is 1. The topological polar surface area (TPSA) is 101 Å². The maximum absolute atomic E-state index is 13.5. The van der Waals surface area contributed by atoms with Crippen LogP contribution in [-0.2, 0) is 0 Å². The number of nitrogens with zero attached hydrogens (tertiary/aromatic N) is 3. The van der Waals surface area contributed by atoms with Crippen LogP contribution in [0.1, 0.15) is 22.6 Å². The summed E-state index contributed by atoms with van der Waals surface area (Å²) < 4.78 is 55.4. The molecule has 0 radical (unpaired) electrons. The Hall–Kier alpha value is -3.06. The average Bonchev–Trinajstić information content (AvgIpc) is 3.19. The Morgan fingerprint density at radius 2 is 2.03 bits per heavy atom. The lowest BCUT2D eigenvalue weighted by molar-refractivity contribution is -0.274. The van der Waals surface area contributed by atoms with Crippen LogP contribution < -0.4 is 20.7 Å². The van der Waals surface area contributed by atoms with E-state index in [-0.39, 0.29) is 27.9 Å². The third kappa shape index (κ3) is 5.40. The Kier molecular flexibility index (Phi) is 6.37. The minimum Gasteiger partial charge on any atom is -0.403 e. The summed E-state index contributed by atoms with van der Waals surface area (Å²) in [4.78, 5) is 25.3. The molecule has 4 rings (SSSR count). The standard InChI is InChI=1S/C19H18F4N6O2S/c20-11-1-2-12(13(7-11)31-19(21,22)23)28-15-14-17(27-9-26-15)32-18(29-14)16(30)25-8-10-3-5-24-6-4-10/h1-2,7,9-10,24H,3-6,8H2,(H,25,30)(H,26,27,28). The smallest absolute Gasteiger partial charge is 0.403 e. The highest BCUT2D eigenvalue weighted by molar-refractivity contribution is 7.19. The number of fused-ring (bicyclic) bond motifs is 1. The van der Waals surface area contributed by atoms with Crippen molar-refractivity contribution in [1.29, 1.82) is 0 Å². The third-order valence-electron chi connectivity index (χ3n) is 4.82. The number of piperidine rings is 1. The number of benzene rings is 1. The van der Waals surface area contributed by atoms with Gasteiger partial charge in [-0.3, -0.25) is 4.79 Å². The number of hydrogen-bond donors (Lipinski definition) is 3. The maximum Gasteiger partial charge on any atom is 0.573 e. The predicted molar refractivity (Wildman–Crippen MR) is 110 cm³/mol. The number of nitrogens with one attached hydrogen (secondary N) is 3. The van der Waals surface area contributed by atoms with E-state index in [0.717, 1.165) is 49.4 Å². The Morgan fingerprint density at radius 3 is 2.78 bits per heavy atom. The van der Waals surface area contributed by atoms with Crippen molar-refractivity contribution >= 4 is 39.1 Å². The van der Waals surface area contributed by atoms with Crippen molar-refractivity contribution in [1.82, 2.24) is 25.6 Å². The molecular weight excluding hydrogens is 452 g/mol. The molecule has 2 aromatic heterocycles. The van der Waals surface area contributed by atoms with Gasteiger partial charge in [0.05, 0.1) is 5.69 Å². The van der Waals surface area contributed by atoms with Crippen molar-refractivity contribution in [3.05, 3.63) is 35.4 Å². The summed E-state index contributed by atoms with van der Waals surface area (Å²) in [5.74, 6) is -1.58. The van der Waals surface area contributed by atoms with E-state index in [1.807, 2.05) is 0 Å². The molecule has 0 spiro atoms. The SMILES string of the molecule is O=C(NCC1CCNCC1)c1nc2c(Nc3ccc(F)cc3OC(F)(F)F)ncnc2s1. The minimum atomic E-state index is -5.01. The van der Waals surface area contributed by atoms with Crippen molar-refractivity contribution in [2.75, 3.05) is 25.0 Å². The van der Waals surface area contributed by atoms with Crippen LogP contribution >= 0.6 is 11.3 Å². The van der Waals surface area contributed by atoms with E-state index in [1.165, 1.54) is 6.33 Å². The molecule has 13 heteroatoms. The highest BCUT2D eigenvalue weighted by Gasteiger charge is 2.32. The molecule has 1 aliphatic heterocycles. The molecular formula is C19H18F4N6O2S. The number of thiazole rings is 1. The number of halogens is 4. The van der Waals surface area contributed by atoms with Gasteiger partial charge in [-0.15, -0.1) is 13.2 Å². The summed E-state index contributed by atoms with van der Waals surface area (Å²) in [7, 11) is 0. The van der Waals surface area contributed by atoms with Crippen LogP contribution in [0.2, 0.25) is 0 Å². The number of alkyl halides is 3. The average molecular weight is 470 g/mol. The molecule has 1 aromatic carbocycles. The zero-order chi connectivity index (χ0) is 22.7. The Labute approximate surface area is 183 Å². The minimum absolute atomic E-state index is 0.0577. The van der Waals surface area contributed by atoms with Crippen molar-refractivity contribution in [2.24, 2.45) is 5.92 Å². The molecule has 3 N–H and O–H groups in total. The van der Waals surface area contributed by atoms with Crippen molar-refractivity contribution in [3.63, 3.8) is 0 Å². The van der Waals surface area contributed by atoms with Gasteiger partial charge in [0.1, 0.15) is 22.5 Å². The number of rotatable bonds is 6. The molecule has 3 heterocycles. The van der Waals surface area contributed by atoms with E-state index in [2.05, 4.69) is 35.6 Å². The van der Waals surface area contributed by atoms with Crippen LogP contribution in [0.25, 0.3) is 10.3 Å². The fourth-order valence-electron chi connectivity index (χ4n) is 3.28. The predicted octanol–water partition coefficient (Wildman–Crippen LogP) is 3.60. The van der Waals surface area contributed by atoms with Gasteiger partial charge in [-0.1, -0.05) is 11.3 Å². The molecule has 0 aliphatic carbocycles. The number of aromatic nitrogens is 3. The van der Waals surface area contributed by atoms with Crippen molar-refractivity contribution < 1.29 is 27.1 Å². The van der Waals surface area contributed by atoms with E-state index in [1.54, 1.807) is 0 Å². The summed E-state index contributed by atoms with van der Waals surface area (Å²) in [5, 5.41) is 8.95. The highest BCUT2D eigenvalue weighted by atomic mass is 32.1. The Bertz CT molecular complexity index is 1120. The molecule has 32 heavy (non-hydrogen) atoms. The molecule has 0 saturated carbocycles. The van der Waals surface area contributed by atoms with E-state index in [4.69, 9.17) is 0 Å². The fraction of sp³-hybridized carbons (Fsp3) is 0.368. The molecule has 3 aromatic rings. The van der Waals surface area contributed by atoms with E-state index >= 15 is 0 Å². The first-order valence-corrected chi connectivity index (χ1v) is 10.5. The zero-order valence-corrected chi connectivity index (χ0v) is 17.3. The maximum atomic E-state index is 13.5. The van der Waals surface area contributed by atoms with Crippen molar-refractivity contribution in [2.45, 2.75) is 19.2 Å². The van der Waals surface area contributed by atoms with Crippen LogP contribution in [0.15, 0.2) is 24.5 Å². The normalized spacial score (nSPS) is 15.0. The highest BCUT2D eigenvalue weighted by Crippen LogP contribution is 2.34. The monoisotopic (exact) mass is 470 g/mol. The van der Waals surface area contributed by atoms with Gasteiger partial charge in [0.2, 0.25) is 0 Å². The Morgan fingerprint density at radius 1 is 1.25 bits per heavy atom. The number of carbonyl (C=O) groups is 1. The lowest BCUT2D eigenvalue weighted by Gasteiger charge is -2.22. The largest absolute Gasteiger partial charge is 0.573 e. The van der Waals surface area contributed by atoms with Gasteiger partial charge < -0.3 is 20.7 Å². The first kappa shape index (κ1) is 22.1. The second-order valence-corrected chi connectivity index (χ2v) is 8.09. The van der Waals surface area contributed by atoms with E-state index in [0.29, 0.717) is 23.4 Å². The quantitative estimate of drug-likeness (QED) is 0.474. The summed E-state index contributed by atoms with van der Waals surface area (Å²) in [6.45, 7) is 2.35. The number of carbonyl (C=O) groups excluding carboxylic acids is 1. The van der Waals surface area contributed by atoms with Gasteiger partial charge in [-0.2, -0.15) is 0 Å². The number of anilines is 2. The second kappa shape index (κ2) is 9.20. The molecule has 0 unspecified atom stereocenters. The van der Waals surface area contributed by atoms with E-state index < -0.39 is 17.9 Å². The lowest BCUT2D eigenvalue weighted by atomic mass is 9.98. The van der Waals surface area contributed by atoms with Gasteiger partial charge in [0.15, 0.2) is 16.6 Å². The summed E-state index contributed by atoms with van der Waals surface area (Å²) in [6, 6.07) is 2.67. The summed E-state index contributed by atoms with van der Waals surface area (Å²) >= 11 is 1.04. The van der Waals surface area contributed by atoms with Gasteiger partial charge in [-0.05, 0) is 44.0 Å². The molecule has 1 amide bonds. The van der Waals surface area contributed by atoms with Crippen LogP contribution in [0.4, 0.5) is 29.1 Å². The summed E-state index contributed by atoms with van der Waals surface area (Å²) in [5.41, 5.74) is 0.0282. The lowest BCUT2D eigenvalue weighted by Crippen LogP contribution is -2.35. The molecule has 8 nitrogen and oxygen atoms in total. The molecule has 1 saturated heterocycles. The fourth-order valence-corrected chi connectivity index (χ4v) is 4.10. The van der Waals surface area contributed by atoms with E-state index in [9.17, 15) is 22.4 Å². The molecule has 1 aliphatic rings. The first-order valence-electron chi connectivity index (χ1n) is 9.71. The second-order valence-electron chi connectivity index (χ2n) is 7.11. The summed E-state index contributed by atoms with van der Waals surface area (Å²) in [6.07, 6.45) is -1.88. The number of hydrogen-bond acceptors (Lipinski definition) is 8. The molecule has 1 fully saturated rings. The zero-order valence-electron chi connectivity index (χ0n) is 16.5. The van der Waals surface area contributed by atoms with Crippen LogP contribution in [-0.4, -0.2) is 46.9 Å². The third-order valence-corrected chi connectivity index (χ3v) is 5.78. The van der Waals surface area contributed by atoms with Crippen LogP contribution in [0, 0.1) is 11.7 Å². The van der Waals surface area contributed by atoms with Gasteiger partial charge in [-0.25, -0.2) is 19.3 Å². The number of amides is 1. The van der Waals surface area contributed by atoms with Gasteiger partial charge >= 0.3 is 6.36 Å². The van der Waals surface area contributed by atoms with Gasteiger partial charge in [0, 0.05) is 12.6 Å². The van der Waals surface area contributed by atoms with Crippen LogP contribution in [0.5, 0.6) is 5.75 Å². The molecule has 0 bridgehead atoms. The molecule has 170 valence electrons. The molecule has 0 atom stereocenters. The Balaban J connectivity index is 1.54. The van der Waals surface area contributed by atoms with Crippen LogP contribution in [0.3, 0.4) is 0 Å². The van der Waals surface area contributed by atoms with Crippen molar-refractivity contribution in [3.8, 4) is 5.75 Å².